The molecule has 7 nitrogen and oxygen atoms in total. The molecule has 1 saturated heterocycles. The zero-order valence-corrected chi connectivity index (χ0v) is 14.5. The van der Waals surface area contributed by atoms with E-state index >= 15 is 0 Å². The van der Waals surface area contributed by atoms with Crippen molar-refractivity contribution in [2.45, 2.75) is 51.1 Å². The van der Waals surface area contributed by atoms with E-state index in [1.165, 1.54) is 22.5 Å². The lowest BCUT2D eigenvalue weighted by atomic mass is 9.95. The Bertz CT molecular complexity index is 750. The van der Waals surface area contributed by atoms with E-state index in [2.05, 4.69) is 14.8 Å². The lowest BCUT2D eigenvalue weighted by Gasteiger charge is -2.38. The Hall–Kier alpha value is -1.94. The predicted octanol–water partition coefficient (Wildman–Crippen LogP) is 1.51. The van der Waals surface area contributed by atoms with Crippen LogP contribution in [-0.4, -0.2) is 43.1 Å². The summed E-state index contributed by atoms with van der Waals surface area (Å²) in [5.74, 6) is -0.764. The van der Waals surface area contributed by atoms with Crippen molar-refractivity contribution in [3.05, 3.63) is 23.8 Å². The van der Waals surface area contributed by atoms with Crippen molar-refractivity contribution in [2.75, 3.05) is 0 Å². The number of halogens is 2. The van der Waals surface area contributed by atoms with Gasteiger partial charge in [-0.25, -0.2) is 8.42 Å². The zero-order chi connectivity index (χ0) is 18.4. The highest BCUT2D eigenvalue weighted by atomic mass is 32.2. The van der Waals surface area contributed by atoms with E-state index in [1.807, 2.05) is 0 Å². The highest BCUT2D eigenvalue weighted by Crippen LogP contribution is 2.41. The van der Waals surface area contributed by atoms with Gasteiger partial charge in [0, 0.05) is 23.7 Å². The number of ether oxygens (including phenoxy) is 2. The summed E-state index contributed by atoms with van der Waals surface area (Å²) in [5.41, 5.74) is 0.165. The Kier molecular flexibility index (Phi) is 4.58. The van der Waals surface area contributed by atoms with Crippen LogP contribution in [0, 0.1) is 0 Å². The second-order valence-corrected chi connectivity index (χ2v) is 7.22. The SMILES string of the molecule is C[C@@H]1C[C@H](NC(=O)c2ccc3c(c2)OC(F)(F)O3)C[C@H](C)N1[SH](=O)=O. The molecule has 3 atom stereocenters. The number of hydrogen-bond acceptors (Lipinski definition) is 5. The molecule has 0 saturated carbocycles. The van der Waals surface area contributed by atoms with Crippen molar-refractivity contribution in [3.8, 4) is 11.5 Å². The Morgan fingerprint density at radius 3 is 2.40 bits per heavy atom. The fourth-order valence-electron chi connectivity index (χ4n) is 3.37. The summed E-state index contributed by atoms with van der Waals surface area (Å²) in [5, 5.41) is 2.82. The third kappa shape index (κ3) is 3.69. The summed E-state index contributed by atoms with van der Waals surface area (Å²) >= 11 is 0. The number of hydrogen-bond donors (Lipinski definition) is 2. The number of fused-ring (bicyclic) bond motifs is 1. The van der Waals surface area contributed by atoms with E-state index in [4.69, 9.17) is 0 Å². The number of carbonyl (C=O) groups excluding carboxylic acids is 1. The van der Waals surface area contributed by atoms with Gasteiger partial charge in [0.05, 0.1) is 0 Å². The first-order valence-corrected chi connectivity index (χ1v) is 8.92. The molecule has 0 unspecified atom stereocenters. The van der Waals surface area contributed by atoms with Crippen molar-refractivity contribution < 1.29 is 31.5 Å². The van der Waals surface area contributed by atoms with Gasteiger partial charge in [0.15, 0.2) is 11.5 Å². The van der Waals surface area contributed by atoms with Gasteiger partial charge in [-0.15, -0.1) is 8.78 Å². The van der Waals surface area contributed by atoms with Crippen LogP contribution in [0.1, 0.15) is 37.0 Å². The van der Waals surface area contributed by atoms with Gasteiger partial charge in [-0.05, 0) is 44.9 Å². The average molecular weight is 376 g/mol. The third-order valence-electron chi connectivity index (χ3n) is 4.34. The van der Waals surface area contributed by atoms with E-state index < -0.39 is 23.1 Å². The van der Waals surface area contributed by atoms with Crippen LogP contribution in [0.2, 0.25) is 0 Å². The van der Waals surface area contributed by atoms with E-state index in [-0.39, 0.29) is 35.2 Å². The normalized spacial score (nSPS) is 28.1. The fraction of sp³-hybridized carbons (Fsp3) is 0.533. The molecule has 0 radical (unpaired) electrons. The fourth-order valence-corrected chi connectivity index (χ4v) is 4.20. The molecule has 1 fully saturated rings. The predicted molar refractivity (Wildman–Crippen MR) is 84.2 cm³/mol. The quantitative estimate of drug-likeness (QED) is 0.781. The van der Waals surface area contributed by atoms with E-state index in [1.54, 1.807) is 13.8 Å². The van der Waals surface area contributed by atoms with Gasteiger partial charge in [0.2, 0.25) is 10.9 Å². The summed E-state index contributed by atoms with van der Waals surface area (Å²) in [6, 6.07) is 3.14. The first-order chi connectivity index (χ1) is 11.7. The monoisotopic (exact) mass is 376 g/mol. The number of thiol groups is 1. The average Bonchev–Trinajstić information content (AvgIpc) is 2.78. The van der Waals surface area contributed by atoms with E-state index in [9.17, 15) is 22.0 Å². The highest BCUT2D eigenvalue weighted by Gasteiger charge is 2.43. The van der Waals surface area contributed by atoms with Gasteiger partial charge in [0.1, 0.15) is 0 Å². The van der Waals surface area contributed by atoms with Gasteiger partial charge in [-0.2, -0.15) is 4.31 Å². The molecule has 3 rings (SSSR count). The van der Waals surface area contributed by atoms with Crippen LogP contribution in [0.5, 0.6) is 11.5 Å². The first kappa shape index (κ1) is 17.9. The van der Waals surface area contributed by atoms with Crippen molar-refractivity contribution in [2.24, 2.45) is 0 Å². The number of piperidine rings is 1. The second kappa shape index (κ2) is 6.41. The van der Waals surface area contributed by atoms with E-state index in [0.29, 0.717) is 12.8 Å². The summed E-state index contributed by atoms with van der Waals surface area (Å²) in [4.78, 5) is 12.4. The second-order valence-electron chi connectivity index (χ2n) is 6.29. The summed E-state index contributed by atoms with van der Waals surface area (Å²) < 4.78 is 58.6. The maximum Gasteiger partial charge on any atom is 0.586 e. The molecule has 10 heteroatoms. The zero-order valence-electron chi connectivity index (χ0n) is 13.6. The standard InChI is InChI=1S/C15H18F2N2O5S/c1-8-5-11(6-9(2)19(8)25(21)22)18-14(20)10-3-4-12-13(7-10)24-15(16,17)23-12/h3-4,7-9,11,25H,5-6H2,1-2H3,(H,18,20)/t8-,9+,11+. The Balaban J connectivity index is 1.68. The Morgan fingerprint density at radius 1 is 1.20 bits per heavy atom. The van der Waals surface area contributed by atoms with Crippen LogP contribution in [-0.2, 0) is 10.9 Å². The van der Waals surface area contributed by atoms with E-state index in [0.717, 1.165) is 0 Å². The molecule has 1 amide bonds. The number of benzene rings is 1. The van der Waals surface area contributed by atoms with Gasteiger partial charge < -0.3 is 14.8 Å². The van der Waals surface area contributed by atoms with Gasteiger partial charge in [-0.3, -0.25) is 4.79 Å². The summed E-state index contributed by atoms with van der Waals surface area (Å²) in [7, 11) is -2.67. The molecule has 1 aromatic carbocycles. The highest BCUT2D eigenvalue weighted by molar-refractivity contribution is 7.69. The van der Waals surface area contributed by atoms with Crippen molar-refractivity contribution in [1.82, 2.24) is 9.62 Å². The van der Waals surface area contributed by atoms with Crippen LogP contribution in [0.15, 0.2) is 18.2 Å². The maximum atomic E-state index is 13.0. The number of rotatable bonds is 3. The summed E-state index contributed by atoms with van der Waals surface area (Å²) in [6.07, 6.45) is -2.78. The minimum absolute atomic E-state index is 0.128. The minimum Gasteiger partial charge on any atom is -0.395 e. The number of nitrogens with one attached hydrogen (secondary N) is 1. The lowest BCUT2D eigenvalue weighted by molar-refractivity contribution is -0.286. The number of alkyl halides is 2. The van der Waals surface area contributed by atoms with Crippen LogP contribution in [0.3, 0.4) is 0 Å². The molecular weight excluding hydrogens is 358 g/mol. The van der Waals surface area contributed by atoms with Crippen LogP contribution >= 0.6 is 0 Å². The first-order valence-electron chi connectivity index (χ1n) is 7.79. The molecule has 1 aromatic rings. The molecule has 2 aliphatic rings. The van der Waals surface area contributed by atoms with Crippen molar-refractivity contribution in [3.63, 3.8) is 0 Å². The number of carbonyl (C=O) groups is 1. The molecule has 25 heavy (non-hydrogen) atoms. The molecule has 0 spiro atoms. The minimum atomic E-state index is -3.73. The Morgan fingerprint density at radius 2 is 1.80 bits per heavy atom. The molecule has 138 valence electrons. The van der Waals surface area contributed by atoms with Crippen molar-refractivity contribution in [1.29, 1.82) is 0 Å². The topological polar surface area (TPSA) is 84.9 Å². The molecule has 0 bridgehead atoms. The molecule has 1 N–H and O–H groups in total. The summed E-state index contributed by atoms with van der Waals surface area (Å²) in [6.45, 7) is 3.56. The van der Waals surface area contributed by atoms with Crippen LogP contribution < -0.4 is 14.8 Å². The largest absolute Gasteiger partial charge is 0.586 e. The molecule has 2 aliphatic heterocycles. The van der Waals surface area contributed by atoms with Crippen LogP contribution in [0.4, 0.5) is 8.78 Å². The Labute approximate surface area is 145 Å². The van der Waals surface area contributed by atoms with Crippen molar-refractivity contribution >= 4 is 16.8 Å². The lowest BCUT2D eigenvalue weighted by Crippen LogP contribution is -2.52. The third-order valence-corrected chi connectivity index (χ3v) is 5.51. The number of amides is 1. The smallest absolute Gasteiger partial charge is 0.395 e. The molecule has 2 heterocycles. The molecule has 0 aromatic heterocycles. The number of nitrogens with zero attached hydrogens (tertiary/aromatic N) is 1. The van der Waals surface area contributed by atoms with Gasteiger partial charge in [-0.1, -0.05) is 0 Å². The van der Waals surface area contributed by atoms with Gasteiger partial charge in [0.25, 0.3) is 5.91 Å². The molecule has 0 aliphatic carbocycles. The van der Waals surface area contributed by atoms with Crippen LogP contribution in [0.25, 0.3) is 0 Å². The molecular formula is C15H18F2N2O5S. The van der Waals surface area contributed by atoms with Gasteiger partial charge >= 0.3 is 6.29 Å². The maximum absolute atomic E-state index is 13.0.